The van der Waals surface area contributed by atoms with Gasteiger partial charge in [-0.25, -0.2) is 9.59 Å². The summed E-state index contributed by atoms with van der Waals surface area (Å²) in [5, 5.41) is 14.1. The zero-order valence-corrected chi connectivity index (χ0v) is 11.7. The van der Waals surface area contributed by atoms with E-state index in [-0.39, 0.29) is 5.56 Å². The van der Waals surface area contributed by atoms with E-state index in [1.807, 2.05) is 26.0 Å². The van der Waals surface area contributed by atoms with Crippen molar-refractivity contribution in [3.05, 3.63) is 53.3 Å². The quantitative estimate of drug-likeness (QED) is 0.808. The predicted molar refractivity (Wildman–Crippen MR) is 79.8 cm³/mol. The van der Waals surface area contributed by atoms with Gasteiger partial charge in [-0.2, -0.15) is 0 Å². The zero-order chi connectivity index (χ0) is 15.4. The Bertz CT molecular complexity index is 698. The molecule has 0 saturated heterocycles. The summed E-state index contributed by atoms with van der Waals surface area (Å²) in [5.41, 5.74) is 3.20. The number of aromatic nitrogens is 1. The second-order valence-corrected chi connectivity index (χ2v) is 4.65. The Labute approximate surface area is 121 Å². The van der Waals surface area contributed by atoms with Gasteiger partial charge < -0.3 is 15.7 Å². The lowest BCUT2D eigenvalue weighted by molar-refractivity contribution is 0.0696. The maximum absolute atomic E-state index is 11.9. The molecule has 2 amide bonds. The third kappa shape index (κ3) is 3.79. The Morgan fingerprint density at radius 3 is 2.38 bits per heavy atom. The van der Waals surface area contributed by atoms with Crippen LogP contribution >= 0.6 is 0 Å². The van der Waals surface area contributed by atoms with Gasteiger partial charge in [-0.3, -0.25) is 4.98 Å². The molecule has 1 aromatic heterocycles. The van der Waals surface area contributed by atoms with E-state index >= 15 is 0 Å². The highest BCUT2D eigenvalue weighted by atomic mass is 16.4. The van der Waals surface area contributed by atoms with Gasteiger partial charge in [-0.1, -0.05) is 6.07 Å². The zero-order valence-electron chi connectivity index (χ0n) is 11.7. The van der Waals surface area contributed by atoms with Crippen molar-refractivity contribution in [3.8, 4) is 0 Å². The van der Waals surface area contributed by atoms with Crippen molar-refractivity contribution in [1.82, 2.24) is 4.98 Å². The molecule has 0 unspecified atom stereocenters. The molecule has 3 N–H and O–H groups in total. The van der Waals surface area contributed by atoms with Crippen LogP contribution in [0.15, 0.2) is 36.7 Å². The summed E-state index contributed by atoms with van der Waals surface area (Å²) >= 11 is 0. The number of carboxylic acid groups (broad SMARTS) is 1. The third-order valence-electron chi connectivity index (χ3n) is 3.01. The molecule has 0 atom stereocenters. The number of aromatic carboxylic acids is 1. The van der Waals surface area contributed by atoms with Crippen LogP contribution in [0.25, 0.3) is 0 Å². The van der Waals surface area contributed by atoms with E-state index in [1.54, 1.807) is 6.07 Å². The van der Waals surface area contributed by atoms with Gasteiger partial charge in [0, 0.05) is 11.9 Å². The normalized spacial score (nSPS) is 10.0. The monoisotopic (exact) mass is 285 g/mol. The lowest BCUT2D eigenvalue weighted by atomic mass is 10.1. The summed E-state index contributed by atoms with van der Waals surface area (Å²) < 4.78 is 0. The van der Waals surface area contributed by atoms with Crippen LogP contribution in [-0.4, -0.2) is 22.1 Å². The second kappa shape index (κ2) is 6.04. The molecular formula is C15H15N3O3. The van der Waals surface area contributed by atoms with E-state index in [4.69, 9.17) is 5.11 Å². The Morgan fingerprint density at radius 2 is 1.71 bits per heavy atom. The summed E-state index contributed by atoms with van der Waals surface area (Å²) in [4.78, 5) is 26.5. The Balaban J connectivity index is 2.06. The molecule has 0 radical (unpaired) electrons. The van der Waals surface area contributed by atoms with Crippen LogP contribution in [-0.2, 0) is 0 Å². The fourth-order valence-corrected chi connectivity index (χ4v) is 1.74. The largest absolute Gasteiger partial charge is 0.478 e. The van der Waals surface area contributed by atoms with Crippen LogP contribution in [0.5, 0.6) is 0 Å². The number of anilines is 2. The molecule has 108 valence electrons. The molecule has 0 bridgehead atoms. The molecule has 0 aliphatic rings. The average molecular weight is 285 g/mol. The standard InChI is InChI=1S/C15H15N3O3/c1-9-3-4-12(5-10(9)2)17-15(21)18-13-6-11(14(19)20)7-16-8-13/h3-8H,1-2H3,(H,19,20)(H2,17,18,21). The van der Waals surface area contributed by atoms with Gasteiger partial charge in [0.25, 0.3) is 0 Å². The smallest absolute Gasteiger partial charge is 0.337 e. The Kier molecular flexibility index (Phi) is 4.18. The second-order valence-electron chi connectivity index (χ2n) is 4.65. The molecule has 0 aliphatic heterocycles. The van der Waals surface area contributed by atoms with Crippen LogP contribution in [0.3, 0.4) is 0 Å². The molecule has 1 aromatic carbocycles. The molecule has 0 fully saturated rings. The first-order valence-electron chi connectivity index (χ1n) is 6.29. The maximum Gasteiger partial charge on any atom is 0.337 e. The number of nitrogens with one attached hydrogen (secondary N) is 2. The number of hydrogen-bond acceptors (Lipinski definition) is 3. The molecule has 21 heavy (non-hydrogen) atoms. The number of pyridine rings is 1. The summed E-state index contributed by atoms with van der Waals surface area (Å²) in [5.74, 6) is -1.10. The molecule has 6 heteroatoms. The van der Waals surface area contributed by atoms with Gasteiger partial charge in [0.2, 0.25) is 0 Å². The molecule has 2 aromatic rings. The highest BCUT2D eigenvalue weighted by Crippen LogP contribution is 2.15. The highest BCUT2D eigenvalue weighted by molar-refractivity contribution is 6.00. The SMILES string of the molecule is Cc1ccc(NC(=O)Nc2cncc(C(=O)O)c2)cc1C. The van der Waals surface area contributed by atoms with Gasteiger partial charge in [0.1, 0.15) is 0 Å². The lowest BCUT2D eigenvalue weighted by Crippen LogP contribution is -2.19. The summed E-state index contributed by atoms with van der Waals surface area (Å²) in [6.07, 6.45) is 2.60. The van der Waals surface area contributed by atoms with Crippen molar-refractivity contribution in [2.75, 3.05) is 10.6 Å². The average Bonchev–Trinajstić information content (AvgIpc) is 2.43. The van der Waals surface area contributed by atoms with Crippen molar-refractivity contribution >= 4 is 23.4 Å². The summed E-state index contributed by atoms with van der Waals surface area (Å²) in [6.45, 7) is 3.95. The van der Waals surface area contributed by atoms with Crippen molar-refractivity contribution in [2.24, 2.45) is 0 Å². The number of benzene rings is 1. The molecule has 0 spiro atoms. The minimum absolute atomic E-state index is 0.0129. The number of aryl methyl sites for hydroxylation is 2. The molecule has 0 saturated carbocycles. The fourth-order valence-electron chi connectivity index (χ4n) is 1.74. The third-order valence-corrected chi connectivity index (χ3v) is 3.01. The highest BCUT2D eigenvalue weighted by Gasteiger charge is 2.07. The number of hydrogen-bond donors (Lipinski definition) is 3. The van der Waals surface area contributed by atoms with Crippen LogP contribution in [0.2, 0.25) is 0 Å². The van der Waals surface area contributed by atoms with Crippen LogP contribution in [0.4, 0.5) is 16.2 Å². The number of urea groups is 1. The predicted octanol–water partition coefficient (Wildman–Crippen LogP) is 3.04. The Morgan fingerprint density at radius 1 is 1.00 bits per heavy atom. The number of amides is 2. The van der Waals surface area contributed by atoms with E-state index in [1.165, 1.54) is 18.5 Å². The van der Waals surface area contributed by atoms with E-state index in [2.05, 4.69) is 15.6 Å². The Hall–Kier alpha value is -2.89. The first-order valence-corrected chi connectivity index (χ1v) is 6.29. The van der Waals surface area contributed by atoms with Crippen LogP contribution < -0.4 is 10.6 Å². The van der Waals surface area contributed by atoms with Crippen LogP contribution in [0.1, 0.15) is 21.5 Å². The molecular weight excluding hydrogens is 270 g/mol. The van der Waals surface area contributed by atoms with Gasteiger partial charge in [0.05, 0.1) is 17.4 Å². The van der Waals surface area contributed by atoms with Gasteiger partial charge in [0.15, 0.2) is 0 Å². The first kappa shape index (κ1) is 14.5. The summed E-state index contributed by atoms with van der Waals surface area (Å²) in [6, 6.07) is 6.46. The van der Waals surface area contributed by atoms with E-state index in [0.717, 1.165) is 11.1 Å². The minimum atomic E-state index is -1.10. The molecule has 1 heterocycles. The first-order chi connectivity index (χ1) is 9.95. The van der Waals surface area contributed by atoms with Crippen molar-refractivity contribution in [3.63, 3.8) is 0 Å². The number of rotatable bonds is 3. The maximum atomic E-state index is 11.9. The van der Waals surface area contributed by atoms with E-state index in [9.17, 15) is 9.59 Å². The van der Waals surface area contributed by atoms with Crippen molar-refractivity contribution in [2.45, 2.75) is 13.8 Å². The molecule has 0 aliphatic carbocycles. The number of carboxylic acids is 1. The number of carbonyl (C=O) groups is 2. The molecule has 2 rings (SSSR count). The topological polar surface area (TPSA) is 91.3 Å². The van der Waals surface area contributed by atoms with Crippen molar-refractivity contribution in [1.29, 1.82) is 0 Å². The van der Waals surface area contributed by atoms with Crippen molar-refractivity contribution < 1.29 is 14.7 Å². The van der Waals surface area contributed by atoms with E-state index in [0.29, 0.717) is 11.4 Å². The van der Waals surface area contributed by atoms with Gasteiger partial charge in [-0.15, -0.1) is 0 Å². The number of nitrogens with zero attached hydrogens (tertiary/aromatic N) is 1. The lowest BCUT2D eigenvalue weighted by Gasteiger charge is -2.09. The molecule has 6 nitrogen and oxygen atoms in total. The minimum Gasteiger partial charge on any atom is -0.478 e. The number of carbonyl (C=O) groups excluding carboxylic acids is 1. The van der Waals surface area contributed by atoms with Crippen LogP contribution in [0, 0.1) is 13.8 Å². The fraction of sp³-hybridized carbons (Fsp3) is 0.133. The van der Waals surface area contributed by atoms with Gasteiger partial charge >= 0.3 is 12.0 Å². The summed E-state index contributed by atoms with van der Waals surface area (Å²) in [7, 11) is 0. The van der Waals surface area contributed by atoms with Gasteiger partial charge in [-0.05, 0) is 43.2 Å². The van der Waals surface area contributed by atoms with E-state index < -0.39 is 12.0 Å².